The lowest BCUT2D eigenvalue weighted by Gasteiger charge is -2.28. The highest BCUT2D eigenvalue weighted by Crippen LogP contribution is 2.25. The van der Waals surface area contributed by atoms with Gasteiger partial charge in [0, 0.05) is 17.7 Å². The number of carbonyl (C=O) groups excluding carboxylic acids is 1. The van der Waals surface area contributed by atoms with E-state index in [4.69, 9.17) is 16.3 Å². The maximum absolute atomic E-state index is 12.2. The maximum atomic E-state index is 12.2. The fourth-order valence-corrected chi connectivity index (χ4v) is 1.84. The molecule has 0 saturated heterocycles. The average Bonchev–Trinajstić information content (AvgIpc) is 2.16. The number of ketones is 1. The average molecular weight is 241 g/mol. The molecule has 3 heteroatoms. The number of Topliss-reactive ketones (excluding diaryl/α,β-unsaturated/α-hetero) is 1. The van der Waals surface area contributed by atoms with Gasteiger partial charge < -0.3 is 4.74 Å². The number of rotatable bonds is 3. The zero-order valence-electron chi connectivity index (χ0n) is 10.1. The number of hydrogen-bond acceptors (Lipinski definition) is 2. The molecule has 0 aliphatic rings. The van der Waals surface area contributed by atoms with Crippen LogP contribution in [0.2, 0.25) is 5.02 Å². The van der Waals surface area contributed by atoms with Crippen molar-refractivity contribution >= 4 is 17.4 Å². The Morgan fingerprint density at radius 2 is 2.00 bits per heavy atom. The number of hydrogen-bond donors (Lipinski definition) is 0. The molecule has 0 bridgehead atoms. The van der Waals surface area contributed by atoms with Crippen molar-refractivity contribution in [3.63, 3.8) is 0 Å². The Hall–Kier alpha value is -0.860. The summed E-state index contributed by atoms with van der Waals surface area (Å²) in [6.07, 6.45) is -0.453. The summed E-state index contributed by atoms with van der Waals surface area (Å²) in [5.74, 6) is -0.0301. The largest absolute Gasteiger partial charge is 0.373 e. The van der Waals surface area contributed by atoms with E-state index in [9.17, 15) is 4.79 Å². The molecule has 0 saturated carbocycles. The highest BCUT2D eigenvalue weighted by molar-refractivity contribution is 6.31. The van der Waals surface area contributed by atoms with Crippen molar-refractivity contribution in [2.75, 3.05) is 7.11 Å². The Labute approximate surface area is 102 Å². The minimum absolute atomic E-state index is 0.0301. The van der Waals surface area contributed by atoms with Crippen LogP contribution in [0.25, 0.3) is 0 Å². The van der Waals surface area contributed by atoms with Gasteiger partial charge in [0.2, 0.25) is 0 Å². The van der Waals surface area contributed by atoms with E-state index in [0.717, 1.165) is 0 Å². The first kappa shape index (κ1) is 13.2. The Morgan fingerprint density at radius 3 is 2.44 bits per heavy atom. The van der Waals surface area contributed by atoms with Crippen molar-refractivity contribution in [3.05, 3.63) is 34.9 Å². The van der Waals surface area contributed by atoms with Crippen molar-refractivity contribution in [2.45, 2.75) is 26.9 Å². The first-order valence-corrected chi connectivity index (χ1v) is 5.56. The van der Waals surface area contributed by atoms with Crippen LogP contribution >= 0.6 is 11.6 Å². The van der Waals surface area contributed by atoms with E-state index in [1.54, 1.807) is 31.4 Å². The third-order valence-electron chi connectivity index (χ3n) is 2.37. The van der Waals surface area contributed by atoms with Crippen molar-refractivity contribution in [1.29, 1.82) is 0 Å². The third kappa shape index (κ3) is 3.06. The Kier molecular flexibility index (Phi) is 4.11. The summed E-state index contributed by atoms with van der Waals surface area (Å²) in [6, 6.07) is 6.94. The summed E-state index contributed by atoms with van der Waals surface area (Å²) in [4.78, 5) is 12.2. The van der Waals surface area contributed by atoms with E-state index in [2.05, 4.69) is 0 Å². The summed E-state index contributed by atoms with van der Waals surface area (Å²) in [7, 11) is 1.55. The fraction of sp³-hybridized carbons (Fsp3) is 0.462. The lowest BCUT2D eigenvalue weighted by atomic mass is 9.84. The number of halogens is 1. The van der Waals surface area contributed by atoms with E-state index >= 15 is 0 Å². The van der Waals surface area contributed by atoms with Gasteiger partial charge in [-0.15, -0.1) is 0 Å². The van der Waals surface area contributed by atoms with Crippen molar-refractivity contribution in [3.8, 4) is 0 Å². The molecule has 0 radical (unpaired) electrons. The van der Waals surface area contributed by atoms with E-state index in [1.807, 2.05) is 20.8 Å². The molecule has 0 aliphatic heterocycles. The summed E-state index contributed by atoms with van der Waals surface area (Å²) in [5, 5.41) is 0.564. The lowest BCUT2D eigenvalue weighted by molar-refractivity contribution is 0.0196. The quantitative estimate of drug-likeness (QED) is 0.755. The number of ether oxygens (including phenoxy) is 1. The number of methoxy groups -OCH3 is 1. The predicted molar refractivity (Wildman–Crippen MR) is 66.0 cm³/mol. The molecule has 0 amide bonds. The normalized spacial score (nSPS) is 13.6. The third-order valence-corrected chi connectivity index (χ3v) is 2.60. The molecule has 2 nitrogen and oxygen atoms in total. The van der Waals surface area contributed by atoms with Crippen LogP contribution in [0, 0.1) is 5.41 Å². The minimum atomic E-state index is -0.453. The standard InChI is InChI=1S/C13H17ClO2/c1-13(2,3)12(16-4)11(15)9-6-5-7-10(14)8-9/h5-8,12H,1-4H3. The van der Waals surface area contributed by atoms with Gasteiger partial charge in [-0.2, -0.15) is 0 Å². The van der Waals surface area contributed by atoms with Gasteiger partial charge in [-0.1, -0.05) is 44.5 Å². The second-order valence-electron chi connectivity index (χ2n) is 4.86. The van der Waals surface area contributed by atoms with Crippen LogP contribution in [0.3, 0.4) is 0 Å². The smallest absolute Gasteiger partial charge is 0.192 e. The van der Waals surface area contributed by atoms with Crippen LogP contribution in [-0.4, -0.2) is 19.0 Å². The molecule has 1 unspecified atom stereocenters. The van der Waals surface area contributed by atoms with E-state index in [1.165, 1.54) is 0 Å². The summed E-state index contributed by atoms with van der Waals surface area (Å²) < 4.78 is 5.28. The molecule has 1 rings (SSSR count). The van der Waals surface area contributed by atoms with Gasteiger partial charge in [0.05, 0.1) is 0 Å². The second-order valence-corrected chi connectivity index (χ2v) is 5.29. The van der Waals surface area contributed by atoms with Gasteiger partial charge >= 0.3 is 0 Å². The number of carbonyl (C=O) groups is 1. The van der Waals surface area contributed by atoms with Crippen LogP contribution in [0.15, 0.2) is 24.3 Å². The SMILES string of the molecule is COC(C(=O)c1cccc(Cl)c1)C(C)(C)C. The van der Waals surface area contributed by atoms with Crippen LogP contribution < -0.4 is 0 Å². The molecule has 16 heavy (non-hydrogen) atoms. The highest BCUT2D eigenvalue weighted by atomic mass is 35.5. The summed E-state index contributed by atoms with van der Waals surface area (Å²) in [5.41, 5.74) is 0.364. The topological polar surface area (TPSA) is 26.3 Å². The Morgan fingerprint density at radius 1 is 1.38 bits per heavy atom. The molecule has 1 aromatic carbocycles. The molecule has 88 valence electrons. The zero-order chi connectivity index (χ0) is 12.3. The summed E-state index contributed by atoms with van der Waals surface area (Å²) in [6.45, 7) is 5.93. The fourth-order valence-electron chi connectivity index (χ4n) is 1.65. The lowest BCUT2D eigenvalue weighted by Crippen LogP contribution is -2.36. The highest BCUT2D eigenvalue weighted by Gasteiger charge is 2.31. The second kappa shape index (κ2) is 4.98. The van der Waals surface area contributed by atoms with E-state index in [0.29, 0.717) is 10.6 Å². The van der Waals surface area contributed by atoms with Gasteiger partial charge in [0.15, 0.2) is 5.78 Å². The molecular weight excluding hydrogens is 224 g/mol. The summed E-state index contributed by atoms with van der Waals surface area (Å²) >= 11 is 5.86. The maximum Gasteiger partial charge on any atom is 0.192 e. The first-order chi connectivity index (χ1) is 7.36. The predicted octanol–water partition coefficient (Wildman–Crippen LogP) is 3.58. The zero-order valence-corrected chi connectivity index (χ0v) is 10.8. The number of benzene rings is 1. The Balaban J connectivity index is 3.01. The molecular formula is C13H17ClO2. The molecule has 0 spiro atoms. The molecule has 0 fully saturated rings. The van der Waals surface area contributed by atoms with Gasteiger partial charge in [0.25, 0.3) is 0 Å². The van der Waals surface area contributed by atoms with Gasteiger partial charge in [0.1, 0.15) is 6.10 Å². The van der Waals surface area contributed by atoms with Crippen LogP contribution in [0.5, 0.6) is 0 Å². The molecule has 0 N–H and O–H groups in total. The molecule has 0 aromatic heterocycles. The van der Waals surface area contributed by atoms with Crippen LogP contribution in [-0.2, 0) is 4.74 Å². The van der Waals surface area contributed by atoms with Crippen LogP contribution in [0.4, 0.5) is 0 Å². The molecule has 0 heterocycles. The molecule has 1 aromatic rings. The van der Waals surface area contributed by atoms with Crippen LogP contribution in [0.1, 0.15) is 31.1 Å². The van der Waals surface area contributed by atoms with E-state index in [-0.39, 0.29) is 11.2 Å². The molecule has 1 atom stereocenters. The van der Waals surface area contributed by atoms with E-state index < -0.39 is 6.10 Å². The monoisotopic (exact) mass is 240 g/mol. The first-order valence-electron chi connectivity index (χ1n) is 5.19. The van der Waals surface area contributed by atoms with Gasteiger partial charge in [-0.05, 0) is 17.5 Å². The van der Waals surface area contributed by atoms with Crippen molar-refractivity contribution in [2.24, 2.45) is 5.41 Å². The Bertz CT molecular complexity index is 380. The van der Waals surface area contributed by atoms with Crippen molar-refractivity contribution < 1.29 is 9.53 Å². The minimum Gasteiger partial charge on any atom is -0.373 e. The van der Waals surface area contributed by atoms with Gasteiger partial charge in [-0.25, -0.2) is 0 Å². The van der Waals surface area contributed by atoms with Gasteiger partial charge in [-0.3, -0.25) is 4.79 Å². The molecule has 0 aliphatic carbocycles. The van der Waals surface area contributed by atoms with Crippen molar-refractivity contribution in [1.82, 2.24) is 0 Å².